The Morgan fingerprint density at radius 3 is 3.00 bits per heavy atom. The first-order chi connectivity index (χ1) is 10.2. The SMILES string of the molecule is CN1CC[C@@H]2CN(Cc3cc4ccccc4s3)C[C@@H]2C1=O. The molecule has 2 fully saturated rings. The molecule has 4 rings (SSSR count). The average molecular weight is 300 g/mol. The van der Waals surface area contributed by atoms with E-state index in [-0.39, 0.29) is 5.92 Å². The normalized spacial score (nSPS) is 26.5. The second-order valence-electron chi connectivity index (χ2n) is 6.36. The number of carbonyl (C=O) groups excluding carboxylic acids is 1. The first kappa shape index (κ1) is 13.3. The number of fused-ring (bicyclic) bond motifs is 2. The van der Waals surface area contributed by atoms with Gasteiger partial charge in [0.25, 0.3) is 0 Å². The van der Waals surface area contributed by atoms with Gasteiger partial charge in [-0.3, -0.25) is 9.69 Å². The Bertz CT molecular complexity index is 647. The molecule has 0 N–H and O–H groups in total. The van der Waals surface area contributed by atoms with Gasteiger partial charge in [0, 0.05) is 42.8 Å². The first-order valence-corrected chi connectivity index (χ1v) is 8.47. The van der Waals surface area contributed by atoms with E-state index in [1.165, 1.54) is 15.0 Å². The Labute approximate surface area is 129 Å². The van der Waals surface area contributed by atoms with Gasteiger partial charge in [0.05, 0.1) is 5.92 Å². The molecule has 0 radical (unpaired) electrons. The summed E-state index contributed by atoms with van der Waals surface area (Å²) < 4.78 is 1.36. The van der Waals surface area contributed by atoms with Crippen molar-refractivity contribution >= 4 is 27.3 Å². The molecule has 2 aliphatic heterocycles. The van der Waals surface area contributed by atoms with E-state index in [0.29, 0.717) is 11.8 Å². The maximum atomic E-state index is 12.2. The van der Waals surface area contributed by atoms with E-state index < -0.39 is 0 Å². The zero-order valence-corrected chi connectivity index (χ0v) is 13.1. The van der Waals surface area contributed by atoms with E-state index in [9.17, 15) is 4.79 Å². The summed E-state index contributed by atoms with van der Waals surface area (Å²) in [6, 6.07) is 10.9. The summed E-state index contributed by atoms with van der Waals surface area (Å²) in [6.07, 6.45) is 1.16. The molecule has 2 saturated heterocycles. The number of hydrogen-bond acceptors (Lipinski definition) is 3. The lowest BCUT2D eigenvalue weighted by Crippen LogP contribution is -2.42. The Kier molecular flexibility index (Phi) is 3.23. The van der Waals surface area contributed by atoms with Crippen LogP contribution >= 0.6 is 11.3 Å². The van der Waals surface area contributed by atoms with Crippen LogP contribution < -0.4 is 0 Å². The summed E-state index contributed by atoms with van der Waals surface area (Å²) in [4.78, 5) is 18.0. The molecule has 0 unspecified atom stereocenters. The lowest BCUT2D eigenvalue weighted by molar-refractivity contribution is -0.137. The third-order valence-electron chi connectivity index (χ3n) is 4.90. The minimum Gasteiger partial charge on any atom is -0.345 e. The average Bonchev–Trinajstić information content (AvgIpc) is 3.06. The van der Waals surface area contributed by atoms with Crippen LogP contribution in [0.2, 0.25) is 0 Å². The number of amides is 1. The number of thiophene rings is 1. The highest BCUT2D eigenvalue weighted by Crippen LogP contribution is 2.34. The van der Waals surface area contributed by atoms with Gasteiger partial charge < -0.3 is 4.90 Å². The molecule has 2 atom stereocenters. The smallest absolute Gasteiger partial charge is 0.227 e. The van der Waals surface area contributed by atoms with Crippen molar-refractivity contribution in [1.82, 2.24) is 9.80 Å². The first-order valence-electron chi connectivity index (χ1n) is 7.65. The Hall–Kier alpha value is -1.39. The second kappa shape index (κ2) is 5.11. The van der Waals surface area contributed by atoms with Crippen LogP contribution in [0, 0.1) is 11.8 Å². The summed E-state index contributed by atoms with van der Waals surface area (Å²) in [7, 11) is 1.94. The molecule has 0 aliphatic carbocycles. The van der Waals surface area contributed by atoms with E-state index in [1.807, 2.05) is 23.3 Å². The van der Waals surface area contributed by atoms with Crippen LogP contribution in [-0.4, -0.2) is 42.4 Å². The fraction of sp³-hybridized carbons (Fsp3) is 0.471. The molecule has 4 heteroatoms. The standard InChI is InChI=1S/C17H20N2OS/c1-18-7-6-13-9-19(11-15(13)17(18)20)10-14-8-12-4-2-3-5-16(12)21-14/h2-5,8,13,15H,6-7,9-11H2,1H3/t13-,15+/m1/s1. The maximum absolute atomic E-state index is 12.2. The second-order valence-corrected chi connectivity index (χ2v) is 7.53. The topological polar surface area (TPSA) is 23.6 Å². The van der Waals surface area contributed by atoms with Crippen molar-refractivity contribution in [1.29, 1.82) is 0 Å². The fourth-order valence-corrected chi connectivity index (χ4v) is 4.86. The molecule has 1 aromatic heterocycles. The van der Waals surface area contributed by atoms with Gasteiger partial charge in [0.2, 0.25) is 5.91 Å². The Morgan fingerprint density at radius 1 is 1.29 bits per heavy atom. The molecular formula is C17H20N2OS. The molecule has 1 amide bonds. The van der Waals surface area contributed by atoms with E-state index in [4.69, 9.17) is 0 Å². The molecule has 3 heterocycles. The van der Waals surface area contributed by atoms with Gasteiger partial charge in [-0.2, -0.15) is 0 Å². The van der Waals surface area contributed by atoms with Crippen LogP contribution in [-0.2, 0) is 11.3 Å². The monoisotopic (exact) mass is 300 g/mol. The third-order valence-corrected chi connectivity index (χ3v) is 6.00. The minimum absolute atomic E-state index is 0.234. The van der Waals surface area contributed by atoms with Crippen molar-refractivity contribution in [3.8, 4) is 0 Å². The quantitative estimate of drug-likeness (QED) is 0.851. The summed E-state index contributed by atoms with van der Waals surface area (Å²) in [5, 5.41) is 1.34. The van der Waals surface area contributed by atoms with Gasteiger partial charge >= 0.3 is 0 Å². The summed E-state index contributed by atoms with van der Waals surface area (Å²) >= 11 is 1.88. The molecular weight excluding hydrogens is 280 g/mol. The van der Waals surface area contributed by atoms with Crippen molar-refractivity contribution in [2.24, 2.45) is 11.8 Å². The molecule has 0 bridgehead atoms. The molecule has 21 heavy (non-hydrogen) atoms. The number of hydrogen-bond donors (Lipinski definition) is 0. The van der Waals surface area contributed by atoms with Crippen molar-refractivity contribution in [3.63, 3.8) is 0 Å². The zero-order chi connectivity index (χ0) is 14.4. The third kappa shape index (κ3) is 2.36. The fourth-order valence-electron chi connectivity index (χ4n) is 3.75. The van der Waals surface area contributed by atoms with Crippen LogP contribution in [0.3, 0.4) is 0 Å². The van der Waals surface area contributed by atoms with Crippen molar-refractivity contribution in [3.05, 3.63) is 35.2 Å². The number of carbonyl (C=O) groups is 1. The number of rotatable bonds is 2. The van der Waals surface area contributed by atoms with Crippen molar-refractivity contribution in [2.45, 2.75) is 13.0 Å². The van der Waals surface area contributed by atoms with Crippen LogP contribution in [0.15, 0.2) is 30.3 Å². The van der Waals surface area contributed by atoms with Gasteiger partial charge in [-0.1, -0.05) is 18.2 Å². The predicted octanol–water partition coefficient (Wildman–Crippen LogP) is 2.81. The van der Waals surface area contributed by atoms with Gasteiger partial charge in [-0.25, -0.2) is 0 Å². The van der Waals surface area contributed by atoms with E-state index in [1.54, 1.807) is 0 Å². The predicted molar refractivity (Wildman–Crippen MR) is 86.3 cm³/mol. The molecule has 0 saturated carbocycles. The number of likely N-dealkylation sites (tertiary alicyclic amines) is 2. The lowest BCUT2D eigenvalue weighted by atomic mass is 9.88. The molecule has 3 nitrogen and oxygen atoms in total. The molecule has 110 valence electrons. The number of benzene rings is 1. The number of piperidine rings is 1. The van der Waals surface area contributed by atoms with Gasteiger partial charge in [-0.05, 0) is 29.9 Å². The molecule has 2 aliphatic rings. The zero-order valence-electron chi connectivity index (χ0n) is 12.3. The molecule has 0 spiro atoms. The van der Waals surface area contributed by atoms with E-state index in [0.717, 1.165) is 32.6 Å². The molecule has 1 aromatic carbocycles. The summed E-state index contributed by atoms with van der Waals surface area (Å²) in [6.45, 7) is 3.93. The van der Waals surface area contributed by atoms with Gasteiger partial charge in [0.1, 0.15) is 0 Å². The highest BCUT2D eigenvalue weighted by Gasteiger charge is 2.41. The highest BCUT2D eigenvalue weighted by molar-refractivity contribution is 7.19. The minimum atomic E-state index is 0.234. The van der Waals surface area contributed by atoms with Crippen LogP contribution in [0.1, 0.15) is 11.3 Å². The van der Waals surface area contributed by atoms with Crippen LogP contribution in [0.25, 0.3) is 10.1 Å². The van der Waals surface area contributed by atoms with Crippen LogP contribution in [0.4, 0.5) is 0 Å². The Morgan fingerprint density at radius 2 is 2.14 bits per heavy atom. The van der Waals surface area contributed by atoms with Crippen molar-refractivity contribution in [2.75, 3.05) is 26.7 Å². The van der Waals surface area contributed by atoms with Crippen molar-refractivity contribution < 1.29 is 4.79 Å². The van der Waals surface area contributed by atoms with E-state index in [2.05, 4.69) is 35.2 Å². The number of nitrogens with zero attached hydrogens (tertiary/aromatic N) is 2. The van der Waals surface area contributed by atoms with E-state index >= 15 is 0 Å². The van der Waals surface area contributed by atoms with Crippen LogP contribution in [0.5, 0.6) is 0 Å². The van der Waals surface area contributed by atoms with Gasteiger partial charge in [0.15, 0.2) is 0 Å². The lowest BCUT2D eigenvalue weighted by Gasteiger charge is -2.30. The highest BCUT2D eigenvalue weighted by atomic mass is 32.1. The summed E-state index contributed by atoms with van der Waals surface area (Å²) in [5.74, 6) is 1.16. The molecule has 2 aromatic rings. The summed E-state index contributed by atoms with van der Waals surface area (Å²) in [5.41, 5.74) is 0. The Balaban J connectivity index is 1.50. The van der Waals surface area contributed by atoms with Gasteiger partial charge in [-0.15, -0.1) is 11.3 Å². The largest absolute Gasteiger partial charge is 0.345 e. The maximum Gasteiger partial charge on any atom is 0.227 e.